The number of aromatic nitrogens is 1. The molecule has 13 heteroatoms. The van der Waals surface area contributed by atoms with E-state index in [1.807, 2.05) is 56.3 Å². The third-order valence-corrected chi connectivity index (χ3v) is 9.83. The molecule has 1 aliphatic heterocycles. The molecule has 230 valence electrons. The maximum Gasteiger partial charge on any atom is 0.409 e. The van der Waals surface area contributed by atoms with Crippen molar-refractivity contribution in [2.45, 2.75) is 25.7 Å². The van der Waals surface area contributed by atoms with Gasteiger partial charge in [0.1, 0.15) is 5.75 Å². The summed E-state index contributed by atoms with van der Waals surface area (Å²) in [5.74, 6) is 0.269. The number of ether oxygens (including phenoxy) is 2. The molecule has 11 nitrogen and oxygen atoms in total. The number of hydrogen-bond acceptors (Lipinski definition) is 9. The molecule has 1 aliphatic rings. The summed E-state index contributed by atoms with van der Waals surface area (Å²) in [7, 11) is -3.83. The first kappa shape index (κ1) is 31.1. The maximum absolute atomic E-state index is 13.8. The first-order valence-electron chi connectivity index (χ1n) is 14.2. The minimum Gasteiger partial charge on any atom is -0.494 e. The van der Waals surface area contributed by atoms with Gasteiger partial charge < -0.3 is 14.4 Å². The Morgan fingerprint density at radius 3 is 2.34 bits per heavy atom. The second kappa shape index (κ2) is 13.5. The number of hydrogen-bond donors (Lipinski definition) is 0. The predicted octanol–water partition coefficient (Wildman–Crippen LogP) is 5.15. The molecule has 1 fully saturated rings. The molecule has 0 radical (unpaired) electrons. The molecule has 0 bridgehead atoms. The third kappa shape index (κ3) is 6.90. The fourth-order valence-corrected chi connectivity index (χ4v) is 7.05. The average Bonchev–Trinajstić information content (AvgIpc) is 3.45. The number of carbonyl (C=O) groups excluding carboxylic acids is 2. The fourth-order valence-electron chi connectivity index (χ4n) is 4.61. The molecule has 2 amide bonds. The zero-order chi connectivity index (χ0) is 31.3. The van der Waals surface area contributed by atoms with Crippen LogP contribution in [0.5, 0.6) is 5.75 Å². The van der Waals surface area contributed by atoms with Crippen LogP contribution in [-0.4, -0.2) is 80.2 Å². The molecule has 0 aliphatic carbocycles. The summed E-state index contributed by atoms with van der Waals surface area (Å²) >= 11 is 1.34. The lowest BCUT2D eigenvalue weighted by Crippen LogP contribution is -2.50. The van der Waals surface area contributed by atoms with Gasteiger partial charge in [0.05, 0.1) is 34.5 Å². The molecule has 0 unspecified atom stereocenters. The highest BCUT2D eigenvalue weighted by Gasteiger charge is 2.31. The molecule has 4 aromatic rings. The van der Waals surface area contributed by atoms with E-state index < -0.39 is 22.0 Å². The first-order valence-corrected chi connectivity index (χ1v) is 16.5. The Bertz CT molecular complexity index is 1760. The first-order chi connectivity index (χ1) is 21.2. The van der Waals surface area contributed by atoms with Crippen LogP contribution in [-0.2, 0) is 14.8 Å². The number of sulfonamides is 1. The topological polar surface area (TPSA) is 122 Å². The second-order valence-corrected chi connectivity index (χ2v) is 12.9. The Labute approximate surface area is 260 Å². The molecule has 0 N–H and O–H groups in total. The third-order valence-electron chi connectivity index (χ3n) is 6.92. The fraction of sp³-hybridized carbons (Fsp3) is 0.290. The maximum atomic E-state index is 13.8. The van der Waals surface area contributed by atoms with Crippen molar-refractivity contribution in [1.82, 2.24) is 14.2 Å². The zero-order valence-electron chi connectivity index (χ0n) is 24.7. The van der Waals surface area contributed by atoms with Gasteiger partial charge in [-0.3, -0.25) is 4.79 Å². The number of piperazine rings is 1. The molecule has 5 rings (SSSR count). The van der Waals surface area contributed by atoms with Gasteiger partial charge >= 0.3 is 6.09 Å². The molecule has 44 heavy (non-hydrogen) atoms. The summed E-state index contributed by atoms with van der Waals surface area (Å²) in [5.41, 5.74) is 2.82. The van der Waals surface area contributed by atoms with Crippen molar-refractivity contribution in [2.24, 2.45) is 5.10 Å². The largest absolute Gasteiger partial charge is 0.494 e. The van der Waals surface area contributed by atoms with E-state index in [-0.39, 0.29) is 43.2 Å². The number of thiazole rings is 1. The SMILES string of the molecule is CCOC(=O)N1CCN(S(=O)(=O)c2ccc(C(=O)N(/N=C/c3ccc(OCC)cc3)c3nc4ccc(C)cc4s3)cc2)CC1. The lowest BCUT2D eigenvalue weighted by molar-refractivity contribution is 0.0933. The highest BCUT2D eigenvalue weighted by molar-refractivity contribution is 7.89. The van der Waals surface area contributed by atoms with E-state index in [1.165, 1.54) is 49.8 Å². The minimum atomic E-state index is -3.83. The van der Waals surface area contributed by atoms with Crippen molar-refractivity contribution >= 4 is 54.9 Å². The highest BCUT2D eigenvalue weighted by Crippen LogP contribution is 2.31. The van der Waals surface area contributed by atoms with E-state index in [2.05, 4.69) is 10.1 Å². The van der Waals surface area contributed by atoms with Crippen LogP contribution in [0.1, 0.15) is 35.3 Å². The lowest BCUT2D eigenvalue weighted by Gasteiger charge is -2.33. The lowest BCUT2D eigenvalue weighted by atomic mass is 10.2. The van der Waals surface area contributed by atoms with Crippen LogP contribution in [0.3, 0.4) is 0 Å². The summed E-state index contributed by atoms with van der Waals surface area (Å²) in [4.78, 5) is 32.0. The van der Waals surface area contributed by atoms with E-state index in [9.17, 15) is 18.0 Å². The van der Waals surface area contributed by atoms with E-state index in [1.54, 1.807) is 13.1 Å². The van der Waals surface area contributed by atoms with Gasteiger partial charge in [-0.1, -0.05) is 17.4 Å². The van der Waals surface area contributed by atoms with Crippen molar-refractivity contribution in [1.29, 1.82) is 0 Å². The molecule has 1 aromatic heterocycles. The molecule has 0 saturated carbocycles. The quantitative estimate of drug-likeness (QED) is 0.184. The van der Waals surface area contributed by atoms with Crippen molar-refractivity contribution in [3.8, 4) is 5.75 Å². The number of rotatable bonds is 9. The Balaban J connectivity index is 1.38. The van der Waals surface area contributed by atoms with Crippen LogP contribution < -0.4 is 9.75 Å². The molecule has 0 spiro atoms. The van der Waals surface area contributed by atoms with Crippen LogP contribution in [0.25, 0.3) is 10.2 Å². The summed E-state index contributed by atoms with van der Waals surface area (Å²) in [6, 6.07) is 19.0. The summed E-state index contributed by atoms with van der Waals surface area (Å²) < 4.78 is 39.4. The van der Waals surface area contributed by atoms with Crippen molar-refractivity contribution in [2.75, 3.05) is 44.4 Å². The van der Waals surface area contributed by atoms with E-state index in [0.29, 0.717) is 11.7 Å². The number of carbonyl (C=O) groups is 2. The molecular weight excluding hydrogens is 603 g/mol. The Kier molecular flexibility index (Phi) is 9.57. The van der Waals surface area contributed by atoms with Crippen LogP contribution in [0.2, 0.25) is 0 Å². The van der Waals surface area contributed by atoms with Gasteiger partial charge in [-0.25, -0.2) is 18.2 Å². The van der Waals surface area contributed by atoms with E-state index in [4.69, 9.17) is 9.47 Å². The molecule has 3 aromatic carbocycles. The number of aryl methyl sites for hydroxylation is 1. The van der Waals surface area contributed by atoms with Crippen LogP contribution in [0.4, 0.5) is 9.93 Å². The van der Waals surface area contributed by atoms with Gasteiger partial charge in [-0.15, -0.1) is 0 Å². The van der Waals surface area contributed by atoms with E-state index >= 15 is 0 Å². The van der Waals surface area contributed by atoms with Gasteiger partial charge in [0.15, 0.2) is 0 Å². The number of amides is 2. The molecule has 1 saturated heterocycles. The number of anilines is 1. The Morgan fingerprint density at radius 1 is 0.977 bits per heavy atom. The summed E-state index contributed by atoms with van der Waals surface area (Å²) in [5, 5.41) is 6.12. The predicted molar refractivity (Wildman–Crippen MR) is 170 cm³/mol. The monoisotopic (exact) mass is 635 g/mol. The van der Waals surface area contributed by atoms with E-state index in [0.717, 1.165) is 27.1 Å². The normalized spacial score (nSPS) is 14.2. The van der Waals surface area contributed by atoms with Gasteiger partial charge in [0.2, 0.25) is 15.2 Å². The molecular formula is C31H33N5O6S2. The number of benzene rings is 3. The minimum absolute atomic E-state index is 0.0542. The number of fused-ring (bicyclic) bond motifs is 1. The second-order valence-electron chi connectivity index (χ2n) is 9.95. The van der Waals surface area contributed by atoms with Crippen molar-refractivity contribution in [3.63, 3.8) is 0 Å². The zero-order valence-corrected chi connectivity index (χ0v) is 26.3. The number of hydrazone groups is 1. The Morgan fingerprint density at radius 2 is 1.68 bits per heavy atom. The van der Waals surface area contributed by atoms with Gasteiger partial charge in [0.25, 0.3) is 5.91 Å². The van der Waals surface area contributed by atoms with Crippen LogP contribution in [0.15, 0.2) is 76.7 Å². The van der Waals surface area contributed by atoms with Gasteiger partial charge in [-0.05, 0) is 92.6 Å². The van der Waals surface area contributed by atoms with Gasteiger partial charge in [-0.2, -0.15) is 14.4 Å². The number of nitrogens with zero attached hydrogens (tertiary/aromatic N) is 5. The van der Waals surface area contributed by atoms with Crippen LogP contribution >= 0.6 is 11.3 Å². The molecule has 0 atom stereocenters. The molecule has 2 heterocycles. The van der Waals surface area contributed by atoms with Crippen molar-refractivity contribution in [3.05, 3.63) is 83.4 Å². The summed E-state index contributed by atoms with van der Waals surface area (Å²) in [6.07, 6.45) is 1.12. The Hall–Kier alpha value is -4.33. The van der Waals surface area contributed by atoms with Crippen LogP contribution in [0, 0.1) is 6.92 Å². The highest BCUT2D eigenvalue weighted by atomic mass is 32.2. The average molecular weight is 636 g/mol. The standard InChI is InChI=1S/C31H33N5O6S2/c1-4-41-25-11-7-23(8-12-25)21-32-36(30-33-27-15-6-22(3)20-28(27)43-30)29(37)24-9-13-26(14-10-24)44(39,40)35-18-16-34(17-19-35)31(38)42-5-2/h6-15,20-21H,4-5,16-19H2,1-3H3/b32-21+. The van der Waals surface area contributed by atoms with Gasteiger partial charge in [0, 0.05) is 31.7 Å². The summed E-state index contributed by atoms with van der Waals surface area (Å²) in [6.45, 7) is 7.19. The van der Waals surface area contributed by atoms with Crippen molar-refractivity contribution < 1.29 is 27.5 Å². The smallest absolute Gasteiger partial charge is 0.409 e.